The van der Waals surface area contributed by atoms with Crippen molar-refractivity contribution in [2.24, 2.45) is 0 Å². The van der Waals surface area contributed by atoms with Crippen LogP contribution in [0.4, 0.5) is 0 Å². The maximum atomic E-state index is 6.16. The average molecular weight is 357 g/mol. The highest BCUT2D eigenvalue weighted by Gasteiger charge is 2.21. The summed E-state index contributed by atoms with van der Waals surface area (Å²) in [5, 5.41) is 8.61. The molecule has 130 valence electrons. The lowest BCUT2D eigenvalue weighted by molar-refractivity contribution is 0.0680. The van der Waals surface area contributed by atoms with Crippen LogP contribution in [0.2, 0.25) is 5.15 Å². The van der Waals surface area contributed by atoms with Crippen molar-refractivity contribution < 1.29 is 4.74 Å². The molecule has 3 aromatic rings. The maximum Gasteiger partial charge on any atom is 0.133 e. The average Bonchev–Trinajstić information content (AvgIpc) is 3.27. The molecule has 0 bridgehead atoms. The summed E-state index contributed by atoms with van der Waals surface area (Å²) in [4.78, 5) is 6.74. The van der Waals surface area contributed by atoms with E-state index in [1.807, 2.05) is 12.3 Å². The van der Waals surface area contributed by atoms with Crippen LogP contribution in [-0.2, 0) is 17.8 Å². The molecule has 0 saturated carbocycles. The quantitative estimate of drug-likeness (QED) is 0.730. The maximum absolute atomic E-state index is 6.16. The fourth-order valence-electron chi connectivity index (χ4n) is 3.41. The van der Waals surface area contributed by atoms with Gasteiger partial charge in [0.1, 0.15) is 10.7 Å². The van der Waals surface area contributed by atoms with E-state index in [1.54, 1.807) is 6.20 Å². The molecule has 0 radical (unpaired) electrons. The third-order valence-corrected chi connectivity index (χ3v) is 4.91. The number of nitrogens with zero attached hydrogens (tertiary/aromatic N) is 3. The predicted molar refractivity (Wildman–Crippen MR) is 98.4 cm³/mol. The van der Waals surface area contributed by atoms with E-state index in [2.05, 4.69) is 44.3 Å². The molecule has 3 heterocycles. The van der Waals surface area contributed by atoms with E-state index in [0.29, 0.717) is 11.3 Å². The van der Waals surface area contributed by atoms with E-state index in [1.165, 1.54) is 5.56 Å². The largest absolute Gasteiger partial charge is 0.377 e. The molecule has 25 heavy (non-hydrogen) atoms. The van der Waals surface area contributed by atoms with Crippen LogP contribution in [0.15, 0.2) is 42.7 Å². The highest BCUT2D eigenvalue weighted by atomic mass is 35.5. The minimum Gasteiger partial charge on any atom is -0.377 e. The molecule has 2 aromatic heterocycles. The summed E-state index contributed by atoms with van der Waals surface area (Å²) in [5.74, 6) is 0. The molecule has 0 aliphatic carbocycles. The van der Waals surface area contributed by atoms with Crippen molar-refractivity contribution in [3.63, 3.8) is 0 Å². The Labute approximate surface area is 152 Å². The number of aromatic amines is 1. The number of aromatic nitrogens is 3. The van der Waals surface area contributed by atoms with Crippen LogP contribution in [0.5, 0.6) is 0 Å². The Hall–Kier alpha value is -1.95. The Morgan fingerprint density at radius 1 is 1.20 bits per heavy atom. The Kier molecular flexibility index (Phi) is 4.97. The summed E-state index contributed by atoms with van der Waals surface area (Å²) in [6, 6.07) is 10.5. The number of pyridine rings is 1. The van der Waals surface area contributed by atoms with Gasteiger partial charge < -0.3 is 4.74 Å². The number of halogens is 1. The molecule has 1 N–H and O–H groups in total. The third kappa shape index (κ3) is 3.84. The zero-order valence-corrected chi connectivity index (χ0v) is 14.7. The number of nitrogens with one attached hydrogen (secondary N) is 1. The van der Waals surface area contributed by atoms with Crippen molar-refractivity contribution in [3.05, 3.63) is 59.0 Å². The van der Waals surface area contributed by atoms with Gasteiger partial charge in [0, 0.05) is 44.2 Å². The van der Waals surface area contributed by atoms with E-state index < -0.39 is 0 Å². The van der Waals surface area contributed by atoms with Gasteiger partial charge in [-0.05, 0) is 18.4 Å². The fraction of sp³-hybridized carbons (Fsp3) is 0.368. The lowest BCUT2D eigenvalue weighted by Gasteiger charge is -2.25. The lowest BCUT2D eigenvalue weighted by Crippen LogP contribution is -2.31. The Balaban J connectivity index is 1.57. The second-order valence-corrected chi connectivity index (χ2v) is 6.90. The molecule has 0 amide bonds. The van der Waals surface area contributed by atoms with E-state index in [4.69, 9.17) is 16.3 Å². The number of benzene rings is 1. The molecular weight excluding hydrogens is 336 g/mol. The number of H-pyrrole nitrogens is 1. The molecule has 5 nitrogen and oxygen atoms in total. The van der Waals surface area contributed by atoms with Gasteiger partial charge >= 0.3 is 0 Å². The van der Waals surface area contributed by atoms with Crippen LogP contribution in [0.3, 0.4) is 0 Å². The van der Waals surface area contributed by atoms with Gasteiger partial charge in [0.05, 0.1) is 11.5 Å². The number of fused-ring (bicyclic) bond motifs is 1. The van der Waals surface area contributed by atoms with Crippen LogP contribution in [0.25, 0.3) is 10.9 Å². The molecule has 4 rings (SSSR count). The number of hydrogen-bond acceptors (Lipinski definition) is 4. The van der Waals surface area contributed by atoms with E-state index >= 15 is 0 Å². The number of hydrogen-bond donors (Lipinski definition) is 1. The van der Waals surface area contributed by atoms with Crippen LogP contribution < -0.4 is 0 Å². The van der Waals surface area contributed by atoms with E-state index in [0.717, 1.165) is 55.5 Å². The van der Waals surface area contributed by atoms with Gasteiger partial charge in [-0.2, -0.15) is 5.10 Å². The van der Waals surface area contributed by atoms with Crippen LogP contribution >= 0.6 is 11.6 Å². The lowest BCUT2D eigenvalue weighted by atomic mass is 10.1. The molecule has 6 heteroatoms. The standard InChI is InChI=1S/C19H21ClN4O/c20-19-17-10-21-9-15(18(17)22-23-19)12-24(13-16-7-4-8-25-16)11-14-5-2-1-3-6-14/h1-3,5-6,9-10,16H,4,7-8,11-13H2,(H,22,23)/t16-/m1/s1. The van der Waals surface area contributed by atoms with Gasteiger partial charge in [-0.15, -0.1) is 0 Å². The molecule has 1 fully saturated rings. The molecule has 1 saturated heterocycles. The van der Waals surface area contributed by atoms with Crippen molar-refractivity contribution in [2.45, 2.75) is 32.0 Å². The van der Waals surface area contributed by atoms with E-state index in [9.17, 15) is 0 Å². The van der Waals surface area contributed by atoms with Crippen molar-refractivity contribution in [1.29, 1.82) is 0 Å². The molecule has 0 spiro atoms. The first-order chi connectivity index (χ1) is 12.3. The Bertz CT molecular complexity index is 830. The highest BCUT2D eigenvalue weighted by molar-refractivity contribution is 6.34. The van der Waals surface area contributed by atoms with Crippen molar-refractivity contribution in [3.8, 4) is 0 Å². The second kappa shape index (κ2) is 7.52. The Morgan fingerprint density at radius 3 is 2.88 bits per heavy atom. The van der Waals surface area contributed by atoms with E-state index in [-0.39, 0.29) is 0 Å². The minimum absolute atomic E-state index is 0.304. The Morgan fingerprint density at radius 2 is 2.08 bits per heavy atom. The second-order valence-electron chi connectivity index (χ2n) is 6.52. The van der Waals surface area contributed by atoms with Gasteiger partial charge in [0.2, 0.25) is 0 Å². The summed E-state index contributed by atoms with van der Waals surface area (Å²) >= 11 is 6.16. The first kappa shape index (κ1) is 16.5. The number of ether oxygens (including phenoxy) is 1. The van der Waals surface area contributed by atoms with Gasteiger partial charge in [-0.25, -0.2) is 0 Å². The molecular formula is C19H21ClN4O. The highest BCUT2D eigenvalue weighted by Crippen LogP contribution is 2.24. The monoisotopic (exact) mass is 356 g/mol. The van der Waals surface area contributed by atoms with Gasteiger partial charge in [0.15, 0.2) is 0 Å². The zero-order chi connectivity index (χ0) is 17.1. The molecule has 1 atom stereocenters. The summed E-state index contributed by atoms with van der Waals surface area (Å²) in [6.45, 7) is 3.41. The van der Waals surface area contributed by atoms with Gasteiger partial charge in [-0.3, -0.25) is 15.0 Å². The van der Waals surface area contributed by atoms with Crippen LogP contribution in [-0.4, -0.2) is 39.3 Å². The van der Waals surface area contributed by atoms with Crippen molar-refractivity contribution in [2.75, 3.05) is 13.2 Å². The topological polar surface area (TPSA) is 54.0 Å². The van der Waals surface area contributed by atoms with Crippen LogP contribution in [0.1, 0.15) is 24.0 Å². The SMILES string of the molecule is Clc1[nH]nc2c(CN(Cc3ccccc3)C[C@H]3CCCO3)cncc12. The number of rotatable bonds is 6. The summed E-state index contributed by atoms with van der Waals surface area (Å²) < 4.78 is 5.85. The summed E-state index contributed by atoms with van der Waals surface area (Å²) in [5.41, 5.74) is 3.26. The molecule has 0 unspecified atom stereocenters. The van der Waals surface area contributed by atoms with Gasteiger partial charge in [0.25, 0.3) is 0 Å². The molecule has 1 aliphatic heterocycles. The predicted octanol–water partition coefficient (Wildman–Crippen LogP) is 3.79. The summed E-state index contributed by atoms with van der Waals surface area (Å²) in [7, 11) is 0. The molecule has 1 aliphatic rings. The normalized spacial score (nSPS) is 17.6. The zero-order valence-electron chi connectivity index (χ0n) is 14.0. The fourth-order valence-corrected chi connectivity index (χ4v) is 3.59. The first-order valence-corrected chi connectivity index (χ1v) is 9.02. The van der Waals surface area contributed by atoms with Gasteiger partial charge in [-0.1, -0.05) is 41.9 Å². The first-order valence-electron chi connectivity index (χ1n) is 8.64. The van der Waals surface area contributed by atoms with Crippen molar-refractivity contribution >= 4 is 22.5 Å². The van der Waals surface area contributed by atoms with Crippen molar-refractivity contribution in [1.82, 2.24) is 20.1 Å². The smallest absolute Gasteiger partial charge is 0.133 e. The summed E-state index contributed by atoms with van der Waals surface area (Å²) in [6.07, 6.45) is 6.22. The third-order valence-electron chi connectivity index (χ3n) is 4.62. The van der Waals surface area contributed by atoms with Crippen LogP contribution in [0, 0.1) is 0 Å². The molecule has 1 aromatic carbocycles. The minimum atomic E-state index is 0.304.